The first-order chi connectivity index (χ1) is 13.3. The van der Waals surface area contributed by atoms with Crippen LogP contribution >= 0.6 is 11.6 Å². The first kappa shape index (κ1) is 20.0. The zero-order valence-corrected chi connectivity index (χ0v) is 15.7. The van der Waals surface area contributed by atoms with Gasteiger partial charge in [0.05, 0.1) is 30.2 Å². The fourth-order valence-electron chi connectivity index (χ4n) is 2.10. The predicted octanol–water partition coefficient (Wildman–Crippen LogP) is 1.41. The minimum Gasteiger partial charge on any atom is -0.474 e. The molecule has 0 saturated carbocycles. The third kappa shape index (κ3) is 4.55. The van der Waals surface area contributed by atoms with E-state index in [1.807, 2.05) is 0 Å². The van der Waals surface area contributed by atoms with Crippen molar-refractivity contribution in [1.29, 1.82) is 0 Å². The van der Waals surface area contributed by atoms with Crippen molar-refractivity contribution in [2.45, 2.75) is 6.42 Å². The average Bonchev–Trinajstić information content (AvgIpc) is 3.22. The molecule has 3 aromatic rings. The molecule has 0 atom stereocenters. The molecule has 1 aromatic carbocycles. The molecule has 11 nitrogen and oxygen atoms in total. The highest BCUT2D eigenvalue weighted by Gasteiger charge is 2.24. The van der Waals surface area contributed by atoms with E-state index in [1.165, 1.54) is 12.1 Å². The minimum atomic E-state index is -3.55. The molecule has 28 heavy (non-hydrogen) atoms. The minimum absolute atomic E-state index is 0.0151. The topological polar surface area (TPSA) is 140 Å². The Morgan fingerprint density at radius 3 is 2.75 bits per heavy atom. The second kappa shape index (κ2) is 8.08. The van der Waals surface area contributed by atoms with Crippen LogP contribution in [0.2, 0.25) is 5.02 Å². The largest absolute Gasteiger partial charge is 0.474 e. The van der Waals surface area contributed by atoms with E-state index < -0.39 is 21.7 Å². The first-order valence-electron chi connectivity index (χ1n) is 7.60. The highest BCUT2D eigenvalue weighted by Crippen LogP contribution is 2.27. The van der Waals surface area contributed by atoms with E-state index in [2.05, 4.69) is 28.8 Å². The number of aromatic nitrogens is 4. The summed E-state index contributed by atoms with van der Waals surface area (Å²) >= 11 is 5.75. The summed E-state index contributed by atoms with van der Waals surface area (Å²) in [4.78, 5) is 12.0. The standard InChI is InChI=1S/C14H12ClFN4O7S/c1-28(22,23)25-6-2-5-24-13-11(17-27-19-13)12-18-26-14(21)20(12)8-3-4-10(16)9(15)7-8/h3-4,7H,2,5-6H2,1H3. The van der Waals surface area contributed by atoms with E-state index in [9.17, 15) is 17.6 Å². The van der Waals surface area contributed by atoms with Gasteiger partial charge in [-0.1, -0.05) is 16.8 Å². The number of rotatable bonds is 8. The fraction of sp³-hybridized carbons (Fsp3) is 0.286. The molecule has 0 saturated heterocycles. The third-order valence-electron chi connectivity index (χ3n) is 3.26. The van der Waals surface area contributed by atoms with Gasteiger partial charge in [-0.3, -0.25) is 8.71 Å². The summed E-state index contributed by atoms with van der Waals surface area (Å²) in [6.07, 6.45) is 1.15. The molecule has 0 aliphatic rings. The van der Waals surface area contributed by atoms with Crippen LogP contribution in [0.4, 0.5) is 4.39 Å². The maximum Gasteiger partial charge on any atom is 0.446 e. The fourth-order valence-corrected chi connectivity index (χ4v) is 2.70. The van der Waals surface area contributed by atoms with Gasteiger partial charge in [-0.25, -0.2) is 18.4 Å². The Morgan fingerprint density at radius 1 is 1.25 bits per heavy atom. The van der Waals surface area contributed by atoms with Crippen molar-refractivity contribution >= 4 is 21.7 Å². The van der Waals surface area contributed by atoms with Crippen molar-refractivity contribution in [2.24, 2.45) is 0 Å². The highest BCUT2D eigenvalue weighted by molar-refractivity contribution is 7.85. The van der Waals surface area contributed by atoms with Crippen molar-refractivity contribution in [3.8, 4) is 23.1 Å². The van der Waals surface area contributed by atoms with E-state index in [4.69, 9.17) is 16.3 Å². The lowest BCUT2D eigenvalue weighted by atomic mass is 10.3. The predicted molar refractivity (Wildman–Crippen MR) is 91.3 cm³/mol. The van der Waals surface area contributed by atoms with E-state index >= 15 is 0 Å². The molecule has 0 spiro atoms. The molecular formula is C14H12ClFN4O7S. The van der Waals surface area contributed by atoms with E-state index in [-0.39, 0.29) is 47.7 Å². The maximum atomic E-state index is 13.4. The van der Waals surface area contributed by atoms with Crippen LogP contribution in [-0.2, 0) is 14.3 Å². The number of halogens is 2. The molecule has 0 N–H and O–H groups in total. The van der Waals surface area contributed by atoms with Crippen LogP contribution in [0.15, 0.2) is 32.1 Å². The van der Waals surface area contributed by atoms with Crippen molar-refractivity contribution in [2.75, 3.05) is 19.5 Å². The van der Waals surface area contributed by atoms with Crippen LogP contribution in [0.3, 0.4) is 0 Å². The second-order valence-corrected chi connectivity index (χ2v) is 7.40. The summed E-state index contributed by atoms with van der Waals surface area (Å²) in [6.45, 7) is -0.0800. The van der Waals surface area contributed by atoms with E-state index in [0.29, 0.717) is 0 Å². The molecule has 3 rings (SSSR count). The number of benzene rings is 1. The number of hydrogen-bond donors (Lipinski definition) is 0. The van der Waals surface area contributed by atoms with Gasteiger partial charge in [0.1, 0.15) is 5.82 Å². The Labute approximate surface area is 161 Å². The van der Waals surface area contributed by atoms with Crippen molar-refractivity contribution in [1.82, 2.24) is 20.0 Å². The summed E-state index contributed by atoms with van der Waals surface area (Å²) < 4.78 is 55.4. The molecule has 150 valence electrons. The van der Waals surface area contributed by atoms with Gasteiger partial charge >= 0.3 is 5.76 Å². The van der Waals surface area contributed by atoms with Crippen LogP contribution < -0.4 is 10.5 Å². The highest BCUT2D eigenvalue weighted by atomic mass is 35.5. The molecule has 14 heteroatoms. The zero-order chi connectivity index (χ0) is 20.3. The summed E-state index contributed by atoms with van der Waals surface area (Å²) in [5, 5.41) is 10.6. The molecule has 0 fully saturated rings. The molecule has 0 bridgehead atoms. The first-order valence-corrected chi connectivity index (χ1v) is 9.80. The van der Waals surface area contributed by atoms with E-state index in [1.54, 1.807) is 0 Å². The lowest BCUT2D eigenvalue weighted by molar-refractivity contribution is 0.228. The Balaban J connectivity index is 1.81. The summed E-state index contributed by atoms with van der Waals surface area (Å²) in [6, 6.07) is 3.57. The Bertz CT molecular complexity index is 1140. The van der Waals surface area contributed by atoms with Gasteiger partial charge in [-0.2, -0.15) is 8.42 Å². The number of nitrogens with zero attached hydrogens (tertiary/aromatic N) is 4. The molecule has 0 radical (unpaired) electrons. The monoisotopic (exact) mass is 434 g/mol. The lowest BCUT2D eigenvalue weighted by Gasteiger charge is -2.05. The van der Waals surface area contributed by atoms with Gasteiger partial charge in [0.2, 0.25) is 11.5 Å². The van der Waals surface area contributed by atoms with Crippen molar-refractivity contribution in [3.05, 3.63) is 39.6 Å². The van der Waals surface area contributed by atoms with Crippen LogP contribution in [-0.4, -0.2) is 47.9 Å². The molecule has 0 amide bonds. The van der Waals surface area contributed by atoms with Gasteiger partial charge in [-0.15, -0.1) is 0 Å². The van der Waals surface area contributed by atoms with Gasteiger partial charge in [0.15, 0.2) is 0 Å². The van der Waals surface area contributed by atoms with Crippen molar-refractivity contribution in [3.63, 3.8) is 0 Å². The normalized spacial score (nSPS) is 11.7. The average molecular weight is 435 g/mol. The summed E-state index contributed by atoms with van der Waals surface area (Å²) in [5.74, 6) is -1.78. The SMILES string of the molecule is CS(=O)(=O)OCCCOc1nonc1-c1noc(=O)n1-c1ccc(F)c(Cl)c1. The van der Waals surface area contributed by atoms with E-state index in [0.717, 1.165) is 16.9 Å². The van der Waals surface area contributed by atoms with Crippen LogP contribution in [0.1, 0.15) is 6.42 Å². The molecule has 2 aromatic heterocycles. The van der Waals surface area contributed by atoms with Gasteiger partial charge < -0.3 is 4.74 Å². The van der Waals surface area contributed by atoms with Crippen LogP contribution in [0.5, 0.6) is 5.88 Å². The second-order valence-electron chi connectivity index (χ2n) is 5.35. The van der Waals surface area contributed by atoms with Crippen molar-refractivity contribution < 1.29 is 30.9 Å². The molecular weight excluding hydrogens is 423 g/mol. The Hall–Kier alpha value is -2.77. The Kier molecular flexibility index (Phi) is 5.76. The number of hydrogen-bond acceptors (Lipinski definition) is 10. The van der Waals surface area contributed by atoms with Gasteiger partial charge in [0, 0.05) is 6.42 Å². The molecule has 0 unspecified atom stereocenters. The quantitative estimate of drug-likeness (QED) is 0.377. The van der Waals surface area contributed by atoms with Gasteiger partial charge in [0.25, 0.3) is 16.0 Å². The maximum absolute atomic E-state index is 13.4. The number of ether oxygens (including phenoxy) is 1. The Morgan fingerprint density at radius 2 is 2.04 bits per heavy atom. The van der Waals surface area contributed by atoms with Gasteiger partial charge in [-0.05, 0) is 28.5 Å². The summed E-state index contributed by atoms with van der Waals surface area (Å²) in [7, 11) is -3.55. The molecule has 2 heterocycles. The zero-order valence-electron chi connectivity index (χ0n) is 14.2. The molecule has 0 aliphatic heterocycles. The molecule has 0 aliphatic carbocycles. The lowest BCUT2D eigenvalue weighted by Crippen LogP contribution is -2.14. The summed E-state index contributed by atoms with van der Waals surface area (Å²) in [5.41, 5.74) is 0.110. The van der Waals surface area contributed by atoms with Crippen LogP contribution in [0.25, 0.3) is 17.2 Å². The van der Waals surface area contributed by atoms with Crippen LogP contribution in [0, 0.1) is 5.82 Å². The smallest absolute Gasteiger partial charge is 0.446 e. The third-order valence-corrected chi connectivity index (χ3v) is 4.15.